The molecule has 28 heavy (non-hydrogen) atoms. The Labute approximate surface area is 182 Å². The predicted molar refractivity (Wildman–Crippen MR) is 124 cm³/mol. The van der Waals surface area contributed by atoms with E-state index < -0.39 is 0 Å². The summed E-state index contributed by atoms with van der Waals surface area (Å²) < 4.78 is 10.8. The SMILES string of the molecule is COc1ccc(CN=C(N)Nc2ccc(OC(C)C)cc2)cc1NC(C)=O.I. The van der Waals surface area contributed by atoms with Crippen LogP contribution in [0.1, 0.15) is 26.3 Å². The molecular formula is C20H27IN4O3. The lowest BCUT2D eigenvalue weighted by atomic mass is 10.2. The maximum Gasteiger partial charge on any atom is 0.221 e. The van der Waals surface area contributed by atoms with E-state index in [1.165, 1.54) is 6.92 Å². The average molecular weight is 498 g/mol. The zero-order valence-corrected chi connectivity index (χ0v) is 18.8. The number of hydrogen-bond donors (Lipinski definition) is 3. The number of hydrogen-bond acceptors (Lipinski definition) is 4. The number of guanidine groups is 1. The first-order valence-electron chi connectivity index (χ1n) is 8.65. The second kappa shape index (κ2) is 11.4. The molecule has 0 atom stereocenters. The van der Waals surface area contributed by atoms with Crippen LogP contribution in [0.5, 0.6) is 11.5 Å². The molecule has 2 aromatic carbocycles. The van der Waals surface area contributed by atoms with E-state index in [1.54, 1.807) is 13.2 Å². The van der Waals surface area contributed by atoms with Gasteiger partial charge in [-0.2, -0.15) is 0 Å². The van der Waals surface area contributed by atoms with Crippen molar-refractivity contribution in [2.24, 2.45) is 10.7 Å². The van der Waals surface area contributed by atoms with Gasteiger partial charge in [-0.3, -0.25) is 4.79 Å². The number of nitrogens with one attached hydrogen (secondary N) is 2. The smallest absolute Gasteiger partial charge is 0.221 e. The van der Waals surface area contributed by atoms with Crippen LogP contribution < -0.4 is 25.8 Å². The standard InChI is InChI=1S/C20H26N4O3.HI/c1-13(2)27-17-8-6-16(7-9-17)24-20(21)22-12-15-5-10-19(26-4)18(11-15)23-14(3)25;/h5-11,13H,12H2,1-4H3,(H,23,25)(H3,21,22,24);1H. The van der Waals surface area contributed by atoms with Crippen LogP contribution in [-0.2, 0) is 11.3 Å². The van der Waals surface area contributed by atoms with Crippen molar-refractivity contribution in [1.29, 1.82) is 0 Å². The van der Waals surface area contributed by atoms with Crippen molar-refractivity contribution < 1.29 is 14.3 Å². The third-order valence-corrected chi connectivity index (χ3v) is 3.51. The quantitative estimate of drug-likeness (QED) is 0.305. The highest BCUT2D eigenvalue weighted by Gasteiger charge is 2.06. The van der Waals surface area contributed by atoms with E-state index in [1.807, 2.05) is 50.2 Å². The monoisotopic (exact) mass is 498 g/mol. The number of ether oxygens (including phenoxy) is 2. The van der Waals surface area contributed by atoms with Crippen LogP contribution in [0.15, 0.2) is 47.5 Å². The molecule has 152 valence electrons. The Balaban J connectivity index is 0.00000392. The number of halogens is 1. The fourth-order valence-electron chi connectivity index (χ4n) is 2.39. The summed E-state index contributed by atoms with van der Waals surface area (Å²) in [4.78, 5) is 15.6. The van der Waals surface area contributed by atoms with Crippen molar-refractivity contribution in [3.05, 3.63) is 48.0 Å². The Morgan fingerprint density at radius 3 is 2.39 bits per heavy atom. The summed E-state index contributed by atoms with van der Waals surface area (Å²) in [6.07, 6.45) is 0.127. The van der Waals surface area contributed by atoms with Crippen LogP contribution in [0.2, 0.25) is 0 Å². The maximum absolute atomic E-state index is 11.3. The number of methoxy groups -OCH3 is 1. The van der Waals surface area contributed by atoms with E-state index in [0.29, 0.717) is 23.9 Å². The Morgan fingerprint density at radius 1 is 1.14 bits per heavy atom. The van der Waals surface area contributed by atoms with E-state index in [2.05, 4.69) is 15.6 Å². The second-order valence-electron chi connectivity index (χ2n) is 6.23. The van der Waals surface area contributed by atoms with Crippen molar-refractivity contribution in [3.8, 4) is 11.5 Å². The van der Waals surface area contributed by atoms with Gasteiger partial charge in [0.25, 0.3) is 0 Å². The van der Waals surface area contributed by atoms with Crippen molar-refractivity contribution in [2.75, 3.05) is 17.7 Å². The highest BCUT2D eigenvalue weighted by Crippen LogP contribution is 2.25. The Bertz CT molecular complexity index is 808. The van der Waals surface area contributed by atoms with Crippen LogP contribution in [-0.4, -0.2) is 25.1 Å². The van der Waals surface area contributed by atoms with Gasteiger partial charge in [-0.1, -0.05) is 6.07 Å². The summed E-state index contributed by atoms with van der Waals surface area (Å²) in [6.45, 7) is 5.77. The maximum atomic E-state index is 11.3. The number of carbonyl (C=O) groups is 1. The molecule has 0 radical (unpaired) electrons. The topological polar surface area (TPSA) is 98.0 Å². The largest absolute Gasteiger partial charge is 0.495 e. The van der Waals surface area contributed by atoms with Gasteiger partial charge in [-0.25, -0.2) is 4.99 Å². The minimum absolute atomic E-state index is 0. The van der Waals surface area contributed by atoms with Crippen molar-refractivity contribution in [3.63, 3.8) is 0 Å². The molecule has 0 aliphatic carbocycles. The van der Waals surface area contributed by atoms with Crippen LogP contribution in [0.25, 0.3) is 0 Å². The van der Waals surface area contributed by atoms with Gasteiger partial charge >= 0.3 is 0 Å². The molecule has 0 heterocycles. The van der Waals surface area contributed by atoms with Gasteiger partial charge in [-0.05, 0) is 55.8 Å². The van der Waals surface area contributed by atoms with Gasteiger partial charge in [-0.15, -0.1) is 24.0 Å². The Morgan fingerprint density at radius 2 is 1.82 bits per heavy atom. The normalized spacial score (nSPS) is 10.8. The predicted octanol–water partition coefficient (Wildman–Crippen LogP) is 3.99. The number of aliphatic imine (C=N–C) groups is 1. The molecule has 0 spiro atoms. The molecule has 8 heteroatoms. The van der Waals surface area contributed by atoms with E-state index in [4.69, 9.17) is 15.2 Å². The van der Waals surface area contributed by atoms with Crippen LogP contribution in [0.3, 0.4) is 0 Å². The number of rotatable bonds is 7. The fraction of sp³-hybridized carbons (Fsp3) is 0.300. The fourth-order valence-corrected chi connectivity index (χ4v) is 2.39. The number of nitrogens with two attached hydrogens (primary N) is 1. The van der Waals surface area contributed by atoms with Crippen molar-refractivity contribution >= 4 is 47.2 Å². The van der Waals surface area contributed by atoms with E-state index in [0.717, 1.165) is 17.0 Å². The van der Waals surface area contributed by atoms with Crippen LogP contribution in [0, 0.1) is 0 Å². The third kappa shape index (κ3) is 7.63. The van der Waals surface area contributed by atoms with E-state index >= 15 is 0 Å². The molecule has 0 bridgehead atoms. The molecule has 0 aliphatic heterocycles. The molecule has 2 rings (SSSR count). The molecule has 0 saturated heterocycles. The summed E-state index contributed by atoms with van der Waals surface area (Å²) in [7, 11) is 1.55. The molecule has 1 amide bonds. The van der Waals surface area contributed by atoms with Gasteiger partial charge in [0.2, 0.25) is 5.91 Å². The highest BCUT2D eigenvalue weighted by molar-refractivity contribution is 14.0. The molecule has 0 fully saturated rings. The number of nitrogens with zero attached hydrogens (tertiary/aromatic N) is 1. The highest BCUT2D eigenvalue weighted by atomic mass is 127. The first-order valence-corrected chi connectivity index (χ1v) is 8.65. The lowest BCUT2D eigenvalue weighted by molar-refractivity contribution is -0.114. The molecule has 0 unspecified atom stereocenters. The molecular weight excluding hydrogens is 471 g/mol. The van der Waals surface area contributed by atoms with Crippen molar-refractivity contribution in [1.82, 2.24) is 0 Å². The van der Waals surface area contributed by atoms with Gasteiger partial charge in [0.1, 0.15) is 11.5 Å². The Kier molecular flexibility index (Phi) is 9.57. The zero-order valence-electron chi connectivity index (χ0n) is 16.5. The lowest BCUT2D eigenvalue weighted by Crippen LogP contribution is -2.22. The molecule has 7 nitrogen and oxygen atoms in total. The van der Waals surface area contributed by atoms with Crippen molar-refractivity contribution in [2.45, 2.75) is 33.4 Å². The minimum atomic E-state index is -0.167. The van der Waals surface area contributed by atoms with Gasteiger partial charge in [0.05, 0.1) is 25.4 Å². The third-order valence-electron chi connectivity index (χ3n) is 3.51. The average Bonchev–Trinajstić information content (AvgIpc) is 2.61. The molecule has 0 saturated carbocycles. The van der Waals surface area contributed by atoms with Gasteiger partial charge in [0.15, 0.2) is 5.96 Å². The van der Waals surface area contributed by atoms with Gasteiger partial charge in [0, 0.05) is 12.6 Å². The first kappa shape index (κ1) is 23.5. The lowest BCUT2D eigenvalue weighted by Gasteiger charge is -2.11. The number of carbonyl (C=O) groups excluding carboxylic acids is 1. The molecule has 2 aromatic rings. The van der Waals surface area contributed by atoms with Gasteiger partial charge < -0.3 is 25.8 Å². The van der Waals surface area contributed by atoms with E-state index in [-0.39, 0.29) is 36.0 Å². The Hall–Kier alpha value is -2.49. The summed E-state index contributed by atoms with van der Waals surface area (Å²) in [5.74, 6) is 1.52. The van der Waals surface area contributed by atoms with Crippen LogP contribution >= 0.6 is 24.0 Å². The summed E-state index contributed by atoms with van der Waals surface area (Å²) in [6, 6.07) is 13.0. The minimum Gasteiger partial charge on any atom is -0.495 e. The molecule has 0 aromatic heterocycles. The first-order chi connectivity index (χ1) is 12.9. The van der Waals surface area contributed by atoms with E-state index in [9.17, 15) is 4.79 Å². The summed E-state index contributed by atoms with van der Waals surface area (Å²) in [5, 5.41) is 5.78. The summed E-state index contributed by atoms with van der Waals surface area (Å²) >= 11 is 0. The molecule has 0 aliphatic rings. The summed E-state index contributed by atoms with van der Waals surface area (Å²) in [5.41, 5.74) is 8.28. The second-order valence-corrected chi connectivity index (χ2v) is 6.23. The zero-order chi connectivity index (χ0) is 19.8. The molecule has 4 N–H and O–H groups in total. The number of anilines is 2. The number of amides is 1. The van der Waals surface area contributed by atoms with Crippen LogP contribution in [0.4, 0.5) is 11.4 Å². The number of benzene rings is 2.